The van der Waals surface area contributed by atoms with E-state index in [1.54, 1.807) is 14.2 Å². The van der Waals surface area contributed by atoms with Gasteiger partial charge < -0.3 is 19.9 Å². The van der Waals surface area contributed by atoms with Crippen LogP contribution < -0.4 is 14.8 Å². The summed E-state index contributed by atoms with van der Waals surface area (Å²) in [5.74, 6) is 4.87. The van der Waals surface area contributed by atoms with Crippen LogP contribution in [-0.4, -0.2) is 25.4 Å². The number of phenols is 1. The summed E-state index contributed by atoms with van der Waals surface area (Å²) in [6, 6.07) is 4.48. The molecule has 4 heteroatoms. The number of rotatable bonds is 5. The first-order chi connectivity index (χ1) is 10.2. The summed E-state index contributed by atoms with van der Waals surface area (Å²) in [6.07, 6.45) is 4.38. The van der Waals surface area contributed by atoms with Gasteiger partial charge in [0.1, 0.15) is 0 Å². The number of phenolic OH excluding ortho intramolecular Hbond substituents is 1. The van der Waals surface area contributed by atoms with Gasteiger partial charge in [-0.25, -0.2) is 0 Å². The standard InChI is InChI=1S/C17H23NO3/c1-20-12-5-9(6-13(21-2)17(12)19)8-18-16-14-10-3-4-11(7-10)15(14)16/h5-6,10-11,14-16,18-19H,3-4,7-8H2,1-2H3. The van der Waals surface area contributed by atoms with E-state index in [1.807, 2.05) is 12.1 Å². The van der Waals surface area contributed by atoms with E-state index in [9.17, 15) is 5.11 Å². The molecule has 3 fully saturated rings. The number of ether oxygens (including phenoxy) is 2. The monoisotopic (exact) mass is 289 g/mol. The second-order valence-corrected chi connectivity index (χ2v) is 6.74. The molecule has 114 valence electrons. The van der Waals surface area contributed by atoms with Crippen LogP contribution in [0.25, 0.3) is 0 Å². The molecule has 0 radical (unpaired) electrons. The van der Waals surface area contributed by atoms with Crippen LogP contribution in [0, 0.1) is 23.7 Å². The molecule has 3 aliphatic rings. The minimum absolute atomic E-state index is 0.0742. The maximum Gasteiger partial charge on any atom is 0.200 e. The number of hydrogen-bond donors (Lipinski definition) is 2. The highest BCUT2D eigenvalue weighted by molar-refractivity contribution is 5.52. The van der Waals surface area contributed by atoms with E-state index >= 15 is 0 Å². The Balaban J connectivity index is 1.44. The zero-order valence-corrected chi connectivity index (χ0v) is 12.6. The Hall–Kier alpha value is -1.42. The van der Waals surface area contributed by atoms with Gasteiger partial charge in [-0.1, -0.05) is 0 Å². The van der Waals surface area contributed by atoms with E-state index in [2.05, 4.69) is 5.32 Å². The number of benzene rings is 1. The van der Waals surface area contributed by atoms with E-state index in [0.717, 1.165) is 35.8 Å². The first-order valence-electron chi connectivity index (χ1n) is 7.90. The Labute approximate surface area is 125 Å². The van der Waals surface area contributed by atoms with Gasteiger partial charge in [0.2, 0.25) is 5.75 Å². The molecule has 4 unspecified atom stereocenters. The lowest BCUT2D eigenvalue weighted by atomic mass is 10.0. The van der Waals surface area contributed by atoms with Crippen molar-refractivity contribution in [2.45, 2.75) is 31.8 Å². The molecule has 1 aromatic carbocycles. The average molecular weight is 289 g/mol. The molecular weight excluding hydrogens is 266 g/mol. The summed E-state index contributed by atoms with van der Waals surface area (Å²) >= 11 is 0. The molecule has 0 heterocycles. The second-order valence-electron chi connectivity index (χ2n) is 6.74. The maximum atomic E-state index is 9.94. The molecule has 0 saturated heterocycles. The molecule has 0 amide bonds. The van der Waals surface area contributed by atoms with Crippen molar-refractivity contribution in [1.29, 1.82) is 0 Å². The summed E-state index contributed by atoms with van der Waals surface area (Å²) in [6.45, 7) is 0.810. The summed E-state index contributed by atoms with van der Waals surface area (Å²) in [7, 11) is 3.13. The van der Waals surface area contributed by atoms with Crippen LogP contribution in [-0.2, 0) is 6.54 Å². The van der Waals surface area contributed by atoms with Crippen molar-refractivity contribution in [3.8, 4) is 17.2 Å². The highest BCUT2D eigenvalue weighted by Gasteiger charge is 2.64. The highest BCUT2D eigenvalue weighted by atomic mass is 16.5. The van der Waals surface area contributed by atoms with Gasteiger partial charge in [-0.15, -0.1) is 0 Å². The van der Waals surface area contributed by atoms with Crippen molar-refractivity contribution in [2.75, 3.05) is 14.2 Å². The Morgan fingerprint density at radius 3 is 2.19 bits per heavy atom. The number of hydrogen-bond acceptors (Lipinski definition) is 4. The van der Waals surface area contributed by atoms with Crippen LogP contribution in [0.4, 0.5) is 0 Å². The number of methoxy groups -OCH3 is 2. The van der Waals surface area contributed by atoms with Crippen molar-refractivity contribution in [3.63, 3.8) is 0 Å². The van der Waals surface area contributed by atoms with Crippen LogP contribution in [0.3, 0.4) is 0 Å². The fourth-order valence-corrected chi connectivity index (χ4v) is 4.88. The van der Waals surface area contributed by atoms with E-state index < -0.39 is 0 Å². The highest BCUT2D eigenvalue weighted by Crippen LogP contribution is 2.65. The molecule has 2 N–H and O–H groups in total. The van der Waals surface area contributed by atoms with E-state index in [1.165, 1.54) is 19.3 Å². The predicted octanol–water partition coefficient (Wildman–Crippen LogP) is 2.54. The minimum atomic E-state index is 0.0742. The first kappa shape index (κ1) is 13.3. The molecule has 4 nitrogen and oxygen atoms in total. The van der Waals surface area contributed by atoms with Crippen molar-refractivity contribution in [3.05, 3.63) is 17.7 Å². The summed E-state index contributed by atoms with van der Waals surface area (Å²) in [5.41, 5.74) is 1.10. The van der Waals surface area contributed by atoms with Crippen molar-refractivity contribution in [1.82, 2.24) is 5.32 Å². The van der Waals surface area contributed by atoms with Gasteiger partial charge in [0, 0.05) is 12.6 Å². The predicted molar refractivity (Wildman–Crippen MR) is 79.6 cm³/mol. The number of nitrogens with one attached hydrogen (secondary N) is 1. The molecule has 0 aliphatic heterocycles. The van der Waals surface area contributed by atoms with E-state index in [0.29, 0.717) is 17.5 Å². The molecular formula is C17H23NO3. The van der Waals surface area contributed by atoms with Gasteiger partial charge in [0.05, 0.1) is 14.2 Å². The summed E-state index contributed by atoms with van der Waals surface area (Å²) in [4.78, 5) is 0. The lowest BCUT2D eigenvalue weighted by molar-refractivity contribution is 0.338. The molecule has 21 heavy (non-hydrogen) atoms. The third-order valence-corrected chi connectivity index (χ3v) is 5.82. The fraction of sp³-hybridized carbons (Fsp3) is 0.647. The van der Waals surface area contributed by atoms with Crippen LogP contribution >= 0.6 is 0 Å². The van der Waals surface area contributed by atoms with Gasteiger partial charge >= 0.3 is 0 Å². The number of fused-ring (bicyclic) bond motifs is 5. The molecule has 4 atom stereocenters. The Kier molecular flexibility index (Phi) is 3.03. The van der Waals surface area contributed by atoms with Crippen molar-refractivity contribution < 1.29 is 14.6 Å². The summed E-state index contributed by atoms with van der Waals surface area (Å²) < 4.78 is 10.4. The smallest absolute Gasteiger partial charge is 0.200 e. The zero-order chi connectivity index (χ0) is 14.6. The third kappa shape index (κ3) is 2.00. The Morgan fingerprint density at radius 1 is 1.10 bits per heavy atom. The number of aromatic hydroxyl groups is 1. The average Bonchev–Trinajstić information content (AvgIpc) is 2.89. The minimum Gasteiger partial charge on any atom is -0.502 e. The molecule has 0 spiro atoms. The lowest BCUT2D eigenvalue weighted by Crippen LogP contribution is -2.22. The van der Waals surface area contributed by atoms with Crippen molar-refractivity contribution in [2.24, 2.45) is 23.7 Å². The maximum absolute atomic E-state index is 9.94. The molecule has 2 bridgehead atoms. The van der Waals surface area contributed by atoms with Crippen molar-refractivity contribution >= 4 is 0 Å². The third-order valence-electron chi connectivity index (χ3n) is 5.82. The molecule has 3 saturated carbocycles. The van der Waals surface area contributed by atoms with Gasteiger partial charge in [-0.2, -0.15) is 0 Å². The van der Waals surface area contributed by atoms with Crippen LogP contribution in [0.5, 0.6) is 17.2 Å². The van der Waals surface area contributed by atoms with Crippen LogP contribution in [0.2, 0.25) is 0 Å². The van der Waals surface area contributed by atoms with E-state index in [-0.39, 0.29) is 5.75 Å². The first-order valence-corrected chi connectivity index (χ1v) is 7.90. The molecule has 4 rings (SSSR count). The van der Waals surface area contributed by atoms with Gasteiger partial charge in [0.15, 0.2) is 11.5 Å². The van der Waals surface area contributed by atoms with Gasteiger partial charge in [-0.05, 0) is 60.6 Å². The van der Waals surface area contributed by atoms with Crippen LogP contribution in [0.1, 0.15) is 24.8 Å². The molecule has 1 aromatic rings. The van der Waals surface area contributed by atoms with Crippen LogP contribution in [0.15, 0.2) is 12.1 Å². The lowest BCUT2D eigenvalue weighted by Gasteiger charge is -2.13. The second kappa shape index (κ2) is 4.80. The van der Waals surface area contributed by atoms with Gasteiger partial charge in [0.25, 0.3) is 0 Å². The normalized spacial score (nSPS) is 35.6. The molecule has 0 aromatic heterocycles. The SMILES string of the molecule is COc1cc(CNC2C3C4CCC(C4)C23)cc(OC)c1O. The Bertz CT molecular complexity index is 518. The quantitative estimate of drug-likeness (QED) is 0.874. The Morgan fingerprint density at radius 2 is 1.67 bits per heavy atom. The zero-order valence-electron chi connectivity index (χ0n) is 12.6. The largest absolute Gasteiger partial charge is 0.502 e. The van der Waals surface area contributed by atoms with Gasteiger partial charge in [-0.3, -0.25) is 0 Å². The topological polar surface area (TPSA) is 50.7 Å². The van der Waals surface area contributed by atoms with E-state index in [4.69, 9.17) is 9.47 Å². The summed E-state index contributed by atoms with van der Waals surface area (Å²) in [5, 5.41) is 13.6. The fourth-order valence-electron chi connectivity index (χ4n) is 4.88. The molecule has 3 aliphatic carbocycles.